The van der Waals surface area contributed by atoms with Crippen LogP contribution in [-0.2, 0) is 0 Å². The first kappa shape index (κ1) is 13.8. The van der Waals surface area contributed by atoms with Crippen molar-refractivity contribution in [2.45, 2.75) is 6.92 Å². The molecule has 0 radical (unpaired) electrons. The van der Waals surface area contributed by atoms with Crippen molar-refractivity contribution in [1.82, 2.24) is 15.0 Å². The van der Waals surface area contributed by atoms with Gasteiger partial charge in [0.2, 0.25) is 5.95 Å². The zero-order valence-electron chi connectivity index (χ0n) is 12.1. The monoisotopic (exact) mass is 286 g/mol. The van der Waals surface area contributed by atoms with Crippen LogP contribution in [0.15, 0.2) is 55.0 Å². The second kappa shape index (κ2) is 6.06. The van der Waals surface area contributed by atoms with E-state index < -0.39 is 0 Å². The predicted molar refractivity (Wildman–Crippen MR) is 87.7 cm³/mol. The molecule has 0 spiro atoms. The third kappa shape index (κ3) is 2.94. The van der Waals surface area contributed by atoms with E-state index in [1.165, 1.54) is 0 Å². The number of terminal acetylenes is 1. The lowest BCUT2D eigenvalue weighted by atomic mass is 10.1. The highest BCUT2D eigenvalue weighted by Crippen LogP contribution is 2.21. The molecule has 4 heteroatoms. The van der Waals surface area contributed by atoms with Crippen LogP contribution in [0.25, 0.3) is 11.3 Å². The summed E-state index contributed by atoms with van der Waals surface area (Å²) in [7, 11) is 0. The van der Waals surface area contributed by atoms with Crippen LogP contribution < -0.4 is 5.32 Å². The maximum absolute atomic E-state index is 5.54. The first-order valence-electron chi connectivity index (χ1n) is 6.84. The first-order valence-corrected chi connectivity index (χ1v) is 6.84. The second-order valence-electron chi connectivity index (χ2n) is 4.83. The Kier molecular flexibility index (Phi) is 3.80. The molecular weight excluding hydrogens is 272 g/mol. The quantitative estimate of drug-likeness (QED) is 0.748. The summed E-state index contributed by atoms with van der Waals surface area (Å²) in [4.78, 5) is 12.9. The summed E-state index contributed by atoms with van der Waals surface area (Å²) in [5.41, 5.74) is 4.46. The number of rotatable bonds is 3. The lowest BCUT2D eigenvalue weighted by molar-refractivity contribution is 1.16. The van der Waals surface area contributed by atoms with Gasteiger partial charge in [-0.3, -0.25) is 4.98 Å². The number of anilines is 2. The molecule has 0 aliphatic carbocycles. The van der Waals surface area contributed by atoms with Gasteiger partial charge in [-0.05, 0) is 42.8 Å². The molecule has 2 heterocycles. The maximum atomic E-state index is 5.54. The van der Waals surface area contributed by atoms with Crippen molar-refractivity contribution in [1.29, 1.82) is 0 Å². The Labute approximate surface area is 129 Å². The van der Waals surface area contributed by atoms with E-state index in [1.807, 2.05) is 43.3 Å². The van der Waals surface area contributed by atoms with Gasteiger partial charge >= 0.3 is 0 Å². The van der Waals surface area contributed by atoms with Crippen LogP contribution in [0.2, 0.25) is 0 Å². The van der Waals surface area contributed by atoms with Crippen molar-refractivity contribution in [2.75, 3.05) is 5.32 Å². The van der Waals surface area contributed by atoms with Crippen molar-refractivity contribution in [3.05, 3.63) is 66.1 Å². The zero-order chi connectivity index (χ0) is 15.4. The number of hydrogen-bond donors (Lipinski definition) is 1. The van der Waals surface area contributed by atoms with Crippen molar-refractivity contribution in [3.8, 4) is 23.6 Å². The topological polar surface area (TPSA) is 50.7 Å². The van der Waals surface area contributed by atoms with E-state index in [4.69, 9.17) is 6.42 Å². The molecule has 0 saturated carbocycles. The van der Waals surface area contributed by atoms with Crippen molar-refractivity contribution >= 4 is 11.6 Å². The normalized spacial score (nSPS) is 10.0. The van der Waals surface area contributed by atoms with Crippen LogP contribution in [0, 0.1) is 19.3 Å². The molecule has 3 rings (SSSR count). The van der Waals surface area contributed by atoms with Gasteiger partial charge in [-0.2, -0.15) is 0 Å². The van der Waals surface area contributed by atoms with E-state index in [9.17, 15) is 0 Å². The molecule has 106 valence electrons. The highest BCUT2D eigenvalue weighted by Gasteiger charge is 2.05. The van der Waals surface area contributed by atoms with E-state index in [1.54, 1.807) is 18.6 Å². The number of nitrogens with zero attached hydrogens (tertiary/aromatic N) is 3. The minimum atomic E-state index is 0.503. The van der Waals surface area contributed by atoms with E-state index in [-0.39, 0.29) is 0 Å². The number of hydrogen-bond acceptors (Lipinski definition) is 4. The molecule has 0 saturated heterocycles. The predicted octanol–water partition coefficient (Wildman–Crippen LogP) is 3.57. The summed E-state index contributed by atoms with van der Waals surface area (Å²) >= 11 is 0. The largest absolute Gasteiger partial charge is 0.323 e. The molecule has 1 N–H and O–H groups in total. The molecule has 4 nitrogen and oxygen atoms in total. The average molecular weight is 286 g/mol. The van der Waals surface area contributed by atoms with Gasteiger partial charge in [-0.1, -0.05) is 12.0 Å². The summed E-state index contributed by atoms with van der Waals surface area (Å²) in [6.07, 6.45) is 10.7. The number of nitrogens with one attached hydrogen (secondary N) is 1. The molecule has 3 aromatic rings. The molecule has 0 bridgehead atoms. The molecular formula is C18H14N4. The highest BCUT2D eigenvalue weighted by atomic mass is 15.1. The van der Waals surface area contributed by atoms with Gasteiger partial charge in [0, 0.05) is 29.7 Å². The standard InChI is InChI=1S/C18H14N4/c1-3-14-7-6-13(2)11-17(14)22-18-20-10-8-16(21-18)15-5-4-9-19-12-15/h1,4-12H,2H3,(H,20,21,22). The summed E-state index contributed by atoms with van der Waals surface area (Å²) < 4.78 is 0. The average Bonchev–Trinajstić information content (AvgIpc) is 2.56. The highest BCUT2D eigenvalue weighted by molar-refractivity contribution is 5.66. The van der Waals surface area contributed by atoms with Crippen LogP contribution >= 0.6 is 0 Å². The maximum Gasteiger partial charge on any atom is 0.227 e. The number of aryl methyl sites for hydroxylation is 1. The molecule has 0 aliphatic rings. The number of aromatic nitrogens is 3. The molecule has 0 amide bonds. The Morgan fingerprint density at radius 3 is 2.82 bits per heavy atom. The Balaban J connectivity index is 1.94. The van der Waals surface area contributed by atoms with E-state index in [0.29, 0.717) is 5.95 Å². The van der Waals surface area contributed by atoms with Crippen molar-refractivity contribution in [3.63, 3.8) is 0 Å². The fraction of sp³-hybridized carbons (Fsp3) is 0.0556. The SMILES string of the molecule is C#Cc1ccc(C)cc1Nc1nccc(-c2cccnc2)n1. The minimum absolute atomic E-state index is 0.503. The third-order valence-corrected chi connectivity index (χ3v) is 3.19. The third-order valence-electron chi connectivity index (χ3n) is 3.19. The van der Waals surface area contributed by atoms with Crippen LogP contribution in [0.1, 0.15) is 11.1 Å². The van der Waals surface area contributed by atoms with Crippen LogP contribution in [-0.4, -0.2) is 15.0 Å². The summed E-state index contributed by atoms with van der Waals surface area (Å²) in [6.45, 7) is 2.01. The van der Waals surface area contributed by atoms with Crippen molar-refractivity contribution < 1.29 is 0 Å². The summed E-state index contributed by atoms with van der Waals surface area (Å²) in [5, 5.41) is 3.19. The number of benzene rings is 1. The lowest BCUT2D eigenvalue weighted by Crippen LogP contribution is -2.00. The van der Waals surface area contributed by atoms with Gasteiger partial charge in [0.1, 0.15) is 0 Å². The fourth-order valence-electron chi connectivity index (χ4n) is 2.10. The van der Waals surface area contributed by atoms with E-state index in [2.05, 4.69) is 26.2 Å². The fourth-order valence-corrected chi connectivity index (χ4v) is 2.10. The molecule has 0 aliphatic heterocycles. The van der Waals surface area contributed by atoms with Gasteiger partial charge in [-0.15, -0.1) is 6.42 Å². The van der Waals surface area contributed by atoms with E-state index in [0.717, 1.165) is 28.1 Å². The van der Waals surface area contributed by atoms with E-state index >= 15 is 0 Å². The van der Waals surface area contributed by atoms with Gasteiger partial charge in [0.25, 0.3) is 0 Å². The van der Waals surface area contributed by atoms with Gasteiger partial charge in [0.15, 0.2) is 0 Å². The first-order chi connectivity index (χ1) is 10.8. The second-order valence-corrected chi connectivity index (χ2v) is 4.83. The molecule has 0 unspecified atom stereocenters. The van der Waals surface area contributed by atoms with Gasteiger partial charge < -0.3 is 5.32 Å². The summed E-state index contributed by atoms with van der Waals surface area (Å²) in [5.74, 6) is 3.16. The number of pyridine rings is 1. The van der Waals surface area contributed by atoms with Gasteiger partial charge in [-0.25, -0.2) is 9.97 Å². The molecule has 22 heavy (non-hydrogen) atoms. The Bertz CT molecular complexity index is 835. The minimum Gasteiger partial charge on any atom is -0.323 e. The van der Waals surface area contributed by atoms with Crippen LogP contribution in [0.5, 0.6) is 0 Å². The smallest absolute Gasteiger partial charge is 0.227 e. The zero-order valence-corrected chi connectivity index (χ0v) is 12.1. The molecule has 0 atom stereocenters. The Morgan fingerprint density at radius 2 is 2.05 bits per heavy atom. The Morgan fingerprint density at radius 1 is 1.14 bits per heavy atom. The van der Waals surface area contributed by atoms with Crippen LogP contribution in [0.3, 0.4) is 0 Å². The van der Waals surface area contributed by atoms with Crippen LogP contribution in [0.4, 0.5) is 11.6 Å². The van der Waals surface area contributed by atoms with Crippen molar-refractivity contribution in [2.24, 2.45) is 0 Å². The Hall–Kier alpha value is -3.19. The molecule has 2 aromatic heterocycles. The molecule has 0 fully saturated rings. The summed E-state index contributed by atoms with van der Waals surface area (Å²) in [6, 6.07) is 11.5. The lowest BCUT2D eigenvalue weighted by Gasteiger charge is -2.09. The van der Waals surface area contributed by atoms with Gasteiger partial charge in [0.05, 0.1) is 11.4 Å². The molecule has 1 aromatic carbocycles.